The number of carbonyl (C=O) groups excluding carboxylic acids is 2. The Bertz CT molecular complexity index is 1060. The monoisotopic (exact) mass is 478 g/mol. The summed E-state index contributed by atoms with van der Waals surface area (Å²) in [6, 6.07) is 10.3. The highest BCUT2D eigenvalue weighted by molar-refractivity contribution is 5.90. The third kappa shape index (κ3) is 4.56. The molecule has 2 aliphatic rings. The Morgan fingerprint density at radius 1 is 1.09 bits per heavy atom. The van der Waals surface area contributed by atoms with Gasteiger partial charge in [0.15, 0.2) is 6.04 Å². The summed E-state index contributed by atoms with van der Waals surface area (Å²) in [6.07, 6.45) is -6.60. The van der Waals surface area contributed by atoms with Crippen LogP contribution in [0, 0.1) is 0 Å². The molecule has 0 aromatic heterocycles. The van der Waals surface area contributed by atoms with Gasteiger partial charge in [-0.3, -0.25) is 4.79 Å². The SMILES string of the molecule is O=C(NC(C(=O)N1CCOCC1C(=O)O)C(F)(F)F)OCC1c2ccccc2-c2ccccc21. The molecule has 2 aromatic rings. The number of carboxylic acid groups (broad SMARTS) is 1. The number of aliphatic carboxylic acids is 1. The zero-order valence-electron chi connectivity index (χ0n) is 17.7. The number of carboxylic acids is 1. The smallest absolute Gasteiger partial charge is 0.417 e. The van der Waals surface area contributed by atoms with E-state index in [1.54, 1.807) is 5.32 Å². The quantitative estimate of drug-likeness (QED) is 0.685. The minimum absolute atomic E-state index is 0.120. The van der Waals surface area contributed by atoms with Crippen LogP contribution in [0.5, 0.6) is 0 Å². The summed E-state index contributed by atoms with van der Waals surface area (Å²) in [4.78, 5) is 36.8. The van der Waals surface area contributed by atoms with Gasteiger partial charge in [0.1, 0.15) is 6.61 Å². The molecule has 2 amide bonds. The zero-order chi connectivity index (χ0) is 24.5. The molecule has 1 aliphatic heterocycles. The standard InChI is InChI=1S/C23H21F3N2O6/c24-23(25,26)19(20(29)28-9-10-33-12-18(28)21(30)31)27-22(32)34-11-17-15-7-3-1-5-13(15)14-6-2-4-8-16(14)17/h1-8,17-19H,9-12H2,(H,27,32)(H,30,31). The van der Waals surface area contributed by atoms with Crippen LogP contribution in [0.15, 0.2) is 48.5 Å². The highest BCUT2D eigenvalue weighted by atomic mass is 19.4. The fourth-order valence-electron chi connectivity index (χ4n) is 4.28. The molecule has 2 atom stereocenters. The first-order valence-electron chi connectivity index (χ1n) is 10.5. The van der Waals surface area contributed by atoms with Gasteiger partial charge in [-0.15, -0.1) is 0 Å². The Morgan fingerprint density at radius 2 is 1.68 bits per heavy atom. The maximum absolute atomic E-state index is 13.7. The van der Waals surface area contributed by atoms with E-state index in [4.69, 9.17) is 9.47 Å². The van der Waals surface area contributed by atoms with Crippen molar-refractivity contribution in [1.82, 2.24) is 10.2 Å². The van der Waals surface area contributed by atoms with Gasteiger partial charge in [-0.25, -0.2) is 9.59 Å². The molecule has 0 saturated carbocycles. The Kier molecular flexibility index (Phi) is 6.47. The summed E-state index contributed by atoms with van der Waals surface area (Å²) in [7, 11) is 0. The Hall–Kier alpha value is -3.60. The lowest BCUT2D eigenvalue weighted by Crippen LogP contribution is -2.62. The first-order chi connectivity index (χ1) is 16.2. The Morgan fingerprint density at radius 3 is 2.24 bits per heavy atom. The van der Waals surface area contributed by atoms with Crippen LogP contribution < -0.4 is 5.32 Å². The normalized spacial score (nSPS) is 18.6. The Labute approximate surface area is 192 Å². The topological polar surface area (TPSA) is 105 Å². The van der Waals surface area contributed by atoms with Crippen molar-refractivity contribution in [2.45, 2.75) is 24.2 Å². The van der Waals surface area contributed by atoms with E-state index in [-0.39, 0.29) is 25.7 Å². The summed E-state index contributed by atoms with van der Waals surface area (Å²) in [6.45, 7) is -1.16. The molecule has 34 heavy (non-hydrogen) atoms. The van der Waals surface area contributed by atoms with Crippen LogP contribution in [-0.4, -0.2) is 72.6 Å². The van der Waals surface area contributed by atoms with Crippen molar-refractivity contribution in [3.8, 4) is 11.1 Å². The molecular weight excluding hydrogens is 457 g/mol. The molecule has 2 aromatic carbocycles. The lowest BCUT2D eigenvalue weighted by atomic mass is 9.98. The van der Waals surface area contributed by atoms with Gasteiger partial charge in [0, 0.05) is 12.5 Å². The number of benzene rings is 2. The number of halogens is 3. The highest BCUT2D eigenvalue weighted by Gasteiger charge is 2.50. The predicted octanol–water partition coefficient (Wildman–Crippen LogP) is 2.77. The van der Waals surface area contributed by atoms with E-state index in [1.165, 1.54) is 0 Å². The number of fused-ring (bicyclic) bond motifs is 3. The van der Waals surface area contributed by atoms with Crippen molar-refractivity contribution < 1.29 is 42.1 Å². The molecule has 8 nitrogen and oxygen atoms in total. The van der Waals surface area contributed by atoms with E-state index in [0.29, 0.717) is 4.90 Å². The molecule has 11 heteroatoms. The maximum Gasteiger partial charge on any atom is 0.417 e. The van der Waals surface area contributed by atoms with Gasteiger partial charge in [0.2, 0.25) is 6.04 Å². The minimum atomic E-state index is -5.16. The molecule has 2 unspecified atom stereocenters. The first-order valence-corrected chi connectivity index (χ1v) is 10.5. The maximum atomic E-state index is 13.7. The number of ether oxygens (including phenoxy) is 2. The Balaban J connectivity index is 1.47. The molecule has 1 saturated heterocycles. The molecule has 180 valence electrons. The predicted molar refractivity (Wildman–Crippen MR) is 112 cm³/mol. The second kappa shape index (κ2) is 9.34. The fourth-order valence-corrected chi connectivity index (χ4v) is 4.28. The summed E-state index contributed by atoms with van der Waals surface area (Å²) in [5.41, 5.74) is 3.64. The van der Waals surface area contributed by atoms with E-state index in [0.717, 1.165) is 22.3 Å². The molecule has 2 N–H and O–H groups in total. The molecule has 0 radical (unpaired) electrons. The largest absolute Gasteiger partial charge is 0.480 e. The average Bonchev–Trinajstić information content (AvgIpc) is 3.14. The summed E-state index contributed by atoms with van der Waals surface area (Å²) < 4.78 is 51.0. The fraction of sp³-hybridized carbons (Fsp3) is 0.348. The summed E-state index contributed by atoms with van der Waals surface area (Å²) >= 11 is 0. The number of nitrogens with one attached hydrogen (secondary N) is 1. The van der Waals surface area contributed by atoms with Gasteiger partial charge >= 0.3 is 18.2 Å². The van der Waals surface area contributed by atoms with Gasteiger partial charge in [-0.05, 0) is 22.3 Å². The molecule has 1 fully saturated rings. The van der Waals surface area contributed by atoms with Crippen LogP contribution in [0.2, 0.25) is 0 Å². The lowest BCUT2D eigenvalue weighted by Gasteiger charge is -2.35. The molecule has 4 rings (SSSR count). The van der Waals surface area contributed by atoms with E-state index in [2.05, 4.69) is 0 Å². The van der Waals surface area contributed by atoms with Crippen molar-refractivity contribution in [3.63, 3.8) is 0 Å². The number of alkyl carbamates (subject to hydrolysis) is 1. The second-order valence-electron chi connectivity index (χ2n) is 7.91. The third-order valence-electron chi connectivity index (χ3n) is 5.88. The van der Waals surface area contributed by atoms with Crippen LogP contribution in [0.25, 0.3) is 11.1 Å². The lowest BCUT2D eigenvalue weighted by molar-refractivity contribution is -0.183. The van der Waals surface area contributed by atoms with Gasteiger partial charge in [-0.1, -0.05) is 48.5 Å². The number of alkyl halides is 3. The molecule has 1 heterocycles. The van der Waals surface area contributed by atoms with Crippen LogP contribution in [0.4, 0.5) is 18.0 Å². The van der Waals surface area contributed by atoms with Crippen LogP contribution in [-0.2, 0) is 19.1 Å². The van der Waals surface area contributed by atoms with E-state index in [1.807, 2.05) is 48.5 Å². The van der Waals surface area contributed by atoms with Gasteiger partial charge in [0.05, 0.1) is 13.2 Å². The zero-order valence-corrected chi connectivity index (χ0v) is 17.7. The molecule has 0 bridgehead atoms. The van der Waals surface area contributed by atoms with Crippen molar-refractivity contribution in [1.29, 1.82) is 0 Å². The third-order valence-corrected chi connectivity index (χ3v) is 5.88. The highest BCUT2D eigenvalue weighted by Crippen LogP contribution is 2.44. The minimum Gasteiger partial charge on any atom is -0.480 e. The molecular formula is C23H21F3N2O6. The number of rotatable bonds is 5. The number of morpholine rings is 1. The number of amides is 2. The first kappa shape index (κ1) is 23.6. The van der Waals surface area contributed by atoms with E-state index < -0.39 is 42.8 Å². The van der Waals surface area contributed by atoms with Gasteiger partial charge in [0.25, 0.3) is 5.91 Å². The second-order valence-corrected chi connectivity index (χ2v) is 7.91. The van der Waals surface area contributed by atoms with Crippen LogP contribution >= 0.6 is 0 Å². The van der Waals surface area contributed by atoms with Crippen LogP contribution in [0.1, 0.15) is 17.0 Å². The van der Waals surface area contributed by atoms with E-state index in [9.17, 15) is 32.7 Å². The summed E-state index contributed by atoms with van der Waals surface area (Å²) in [5, 5.41) is 10.8. The van der Waals surface area contributed by atoms with Crippen molar-refractivity contribution in [2.24, 2.45) is 0 Å². The number of hydrogen-bond donors (Lipinski definition) is 2. The van der Waals surface area contributed by atoms with Crippen molar-refractivity contribution >= 4 is 18.0 Å². The number of nitrogens with zero attached hydrogens (tertiary/aromatic N) is 1. The molecule has 0 spiro atoms. The summed E-state index contributed by atoms with van der Waals surface area (Å²) in [5.74, 6) is -3.47. The van der Waals surface area contributed by atoms with Crippen LogP contribution in [0.3, 0.4) is 0 Å². The van der Waals surface area contributed by atoms with Gasteiger partial charge < -0.3 is 24.8 Å². The van der Waals surface area contributed by atoms with Crippen molar-refractivity contribution in [2.75, 3.05) is 26.4 Å². The molecule has 1 aliphatic carbocycles. The average molecular weight is 478 g/mol. The van der Waals surface area contributed by atoms with Gasteiger partial charge in [-0.2, -0.15) is 13.2 Å². The number of hydrogen-bond acceptors (Lipinski definition) is 5. The van der Waals surface area contributed by atoms with E-state index >= 15 is 0 Å². The van der Waals surface area contributed by atoms with Crippen molar-refractivity contribution in [3.05, 3.63) is 59.7 Å². The number of carbonyl (C=O) groups is 3.